The van der Waals surface area contributed by atoms with E-state index in [0.717, 1.165) is 12.8 Å². The lowest BCUT2D eigenvalue weighted by atomic mass is 9.96. The van der Waals surface area contributed by atoms with Gasteiger partial charge in [0.05, 0.1) is 12.6 Å². The lowest BCUT2D eigenvalue weighted by Gasteiger charge is -2.23. The van der Waals surface area contributed by atoms with Crippen LogP contribution < -0.4 is 10.6 Å². The molecule has 24 heavy (non-hydrogen) atoms. The molecule has 2 amide bonds. The highest BCUT2D eigenvalue weighted by atomic mass is 79.9. The van der Waals surface area contributed by atoms with E-state index in [-0.39, 0.29) is 24.3 Å². The second kappa shape index (κ2) is 7.98. The molecule has 1 aliphatic rings. The van der Waals surface area contributed by atoms with E-state index >= 15 is 0 Å². The zero-order valence-corrected chi connectivity index (χ0v) is 15.5. The highest BCUT2D eigenvalue weighted by Crippen LogP contribution is 2.37. The average Bonchev–Trinajstić information content (AvgIpc) is 3.31. The van der Waals surface area contributed by atoms with Gasteiger partial charge < -0.3 is 15.1 Å². The zero-order chi connectivity index (χ0) is 16.9. The van der Waals surface area contributed by atoms with E-state index in [2.05, 4.69) is 32.6 Å². The van der Waals surface area contributed by atoms with Crippen molar-refractivity contribution in [3.8, 4) is 0 Å². The van der Waals surface area contributed by atoms with Crippen LogP contribution in [0.1, 0.15) is 47.2 Å². The SMILES string of the molecule is O=C(CNC(=O)c1ccc(Br)o1)N[C@H](c1cccs1)C1CCCC1. The van der Waals surface area contributed by atoms with Crippen molar-refractivity contribution in [1.29, 1.82) is 0 Å². The summed E-state index contributed by atoms with van der Waals surface area (Å²) in [5.41, 5.74) is 0. The molecule has 0 unspecified atom stereocenters. The lowest BCUT2D eigenvalue weighted by molar-refractivity contribution is -0.121. The fourth-order valence-electron chi connectivity index (χ4n) is 3.09. The number of hydrogen-bond donors (Lipinski definition) is 2. The molecule has 3 rings (SSSR count). The van der Waals surface area contributed by atoms with E-state index in [1.54, 1.807) is 23.5 Å². The summed E-state index contributed by atoms with van der Waals surface area (Å²) in [6, 6.07) is 7.30. The van der Waals surface area contributed by atoms with Crippen molar-refractivity contribution in [1.82, 2.24) is 10.6 Å². The van der Waals surface area contributed by atoms with Crippen LogP contribution in [0.5, 0.6) is 0 Å². The Hall–Kier alpha value is -1.60. The van der Waals surface area contributed by atoms with Crippen LogP contribution in [0.3, 0.4) is 0 Å². The molecule has 2 aromatic rings. The van der Waals surface area contributed by atoms with Gasteiger partial charge in [-0.1, -0.05) is 18.9 Å². The van der Waals surface area contributed by atoms with Crippen LogP contribution in [0, 0.1) is 5.92 Å². The van der Waals surface area contributed by atoms with Gasteiger partial charge in [-0.2, -0.15) is 0 Å². The van der Waals surface area contributed by atoms with Crippen LogP contribution in [-0.2, 0) is 4.79 Å². The average molecular weight is 411 g/mol. The molecule has 0 radical (unpaired) electrons. The fraction of sp³-hybridized carbons (Fsp3) is 0.412. The first-order valence-corrected chi connectivity index (χ1v) is 9.67. The summed E-state index contributed by atoms with van der Waals surface area (Å²) in [4.78, 5) is 25.4. The number of nitrogens with one attached hydrogen (secondary N) is 2. The number of rotatable bonds is 6. The van der Waals surface area contributed by atoms with Crippen LogP contribution in [-0.4, -0.2) is 18.4 Å². The molecule has 2 aromatic heterocycles. The van der Waals surface area contributed by atoms with Gasteiger partial charge in [-0.05, 0) is 58.3 Å². The molecule has 1 atom stereocenters. The molecule has 0 saturated heterocycles. The van der Waals surface area contributed by atoms with Crippen molar-refractivity contribution in [2.45, 2.75) is 31.7 Å². The Morgan fingerprint density at radius 2 is 2.08 bits per heavy atom. The van der Waals surface area contributed by atoms with Gasteiger partial charge in [-0.25, -0.2) is 0 Å². The Kier molecular flexibility index (Phi) is 5.73. The summed E-state index contributed by atoms with van der Waals surface area (Å²) in [5, 5.41) is 7.71. The molecule has 2 N–H and O–H groups in total. The number of carbonyl (C=O) groups is 2. The highest BCUT2D eigenvalue weighted by Gasteiger charge is 2.28. The van der Waals surface area contributed by atoms with Crippen LogP contribution in [0.15, 0.2) is 38.7 Å². The van der Waals surface area contributed by atoms with Gasteiger partial charge in [0.2, 0.25) is 5.91 Å². The number of hydrogen-bond acceptors (Lipinski definition) is 4. The van der Waals surface area contributed by atoms with Gasteiger partial charge in [0, 0.05) is 4.88 Å². The number of halogens is 1. The quantitative estimate of drug-likeness (QED) is 0.758. The van der Waals surface area contributed by atoms with Crippen LogP contribution in [0.4, 0.5) is 0 Å². The van der Waals surface area contributed by atoms with Gasteiger partial charge >= 0.3 is 0 Å². The Labute approximate surface area is 152 Å². The molecule has 5 nitrogen and oxygen atoms in total. The van der Waals surface area contributed by atoms with Gasteiger partial charge in [-0.15, -0.1) is 11.3 Å². The molecule has 0 aromatic carbocycles. The first-order chi connectivity index (χ1) is 11.6. The Morgan fingerprint density at radius 3 is 2.71 bits per heavy atom. The highest BCUT2D eigenvalue weighted by molar-refractivity contribution is 9.10. The van der Waals surface area contributed by atoms with Crippen molar-refractivity contribution in [3.05, 3.63) is 45.0 Å². The molecule has 7 heteroatoms. The van der Waals surface area contributed by atoms with Gasteiger partial charge in [0.15, 0.2) is 10.4 Å². The smallest absolute Gasteiger partial charge is 0.287 e. The second-order valence-corrected chi connectivity index (χ2v) is 7.65. The van der Waals surface area contributed by atoms with Crippen molar-refractivity contribution < 1.29 is 14.0 Å². The first kappa shape index (κ1) is 17.2. The van der Waals surface area contributed by atoms with Crippen LogP contribution in [0.25, 0.3) is 0 Å². The second-order valence-electron chi connectivity index (χ2n) is 5.89. The minimum Gasteiger partial charge on any atom is -0.444 e. The summed E-state index contributed by atoms with van der Waals surface area (Å²) in [7, 11) is 0. The molecule has 2 heterocycles. The fourth-order valence-corrected chi connectivity index (χ4v) is 4.26. The van der Waals surface area contributed by atoms with Crippen molar-refractivity contribution >= 4 is 39.1 Å². The maximum absolute atomic E-state index is 12.3. The third-order valence-corrected chi connectivity index (χ3v) is 5.63. The summed E-state index contributed by atoms with van der Waals surface area (Å²) >= 11 is 4.81. The van der Waals surface area contributed by atoms with Crippen LogP contribution >= 0.6 is 27.3 Å². The molecule has 0 aliphatic heterocycles. The molecular formula is C17H19BrN2O3S. The van der Waals surface area contributed by atoms with E-state index in [4.69, 9.17) is 4.42 Å². The Morgan fingerprint density at radius 1 is 1.29 bits per heavy atom. The molecule has 1 aliphatic carbocycles. The molecule has 0 spiro atoms. The molecule has 128 valence electrons. The van der Waals surface area contributed by atoms with Gasteiger partial charge in [0.1, 0.15) is 0 Å². The van der Waals surface area contributed by atoms with Crippen molar-refractivity contribution in [2.75, 3.05) is 6.54 Å². The van der Waals surface area contributed by atoms with Gasteiger partial charge in [-0.3, -0.25) is 9.59 Å². The first-order valence-electron chi connectivity index (χ1n) is 8.00. The predicted molar refractivity (Wildman–Crippen MR) is 95.9 cm³/mol. The van der Waals surface area contributed by atoms with Gasteiger partial charge in [0.25, 0.3) is 5.91 Å². The van der Waals surface area contributed by atoms with Crippen molar-refractivity contribution in [3.63, 3.8) is 0 Å². The van der Waals surface area contributed by atoms with E-state index in [0.29, 0.717) is 10.6 Å². The summed E-state index contributed by atoms with van der Waals surface area (Å²) in [5.74, 6) is 0.0771. The van der Waals surface area contributed by atoms with E-state index in [1.165, 1.54) is 17.7 Å². The maximum atomic E-state index is 12.3. The maximum Gasteiger partial charge on any atom is 0.287 e. The monoisotopic (exact) mass is 410 g/mol. The number of amides is 2. The van der Waals surface area contributed by atoms with E-state index < -0.39 is 5.91 Å². The number of furan rings is 1. The van der Waals surface area contributed by atoms with E-state index in [1.807, 2.05) is 11.4 Å². The number of thiophene rings is 1. The number of carbonyl (C=O) groups excluding carboxylic acids is 2. The normalized spacial score (nSPS) is 16.0. The largest absolute Gasteiger partial charge is 0.444 e. The van der Waals surface area contributed by atoms with Crippen LogP contribution in [0.2, 0.25) is 0 Å². The molecular weight excluding hydrogens is 392 g/mol. The summed E-state index contributed by atoms with van der Waals surface area (Å²) < 4.78 is 5.66. The molecule has 1 saturated carbocycles. The summed E-state index contributed by atoms with van der Waals surface area (Å²) in [6.07, 6.45) is 4.70. The Bertz CT molecular complexity index is 693. The molecule has 1 fully saturated rings. The predicted octanol–water partition coefficient (Wildman–Crippen LogP) is 3.88. The standard InChI is InChI=1S/C17H19BrN2O3S/c18-14-8-7-12(23-14)17(22)19-10-15(21)20-16(11-4-1-2-5-11)13-6-3-9-24-13/h3,6-9,11,16H,1-2,4-5,10H2,(H,19,22)(H,20,21)/t16-/m0/s1. The van der Waals surface area contributed by atoms with Crippen molar-refractivity contribution in [2.24, 2.45) is 5.92 Å². The Balaban J connectivity index is 1.56. The third-order valence-electron chi connectivity index (χ3n) is 4.24. The summed E-state index contributed by atoms with van der Waals surface area (Å²) in [6.45, 7) is -0.0637. The minimum atomic E-state index is -0.399. The zero-order valence-electron chi connectivity index (χ0n) is 13.1. The lowest BCUT2D eigenvalue weighted by Crippen LogP contribution is -2.40. The van der Waals surface area contributed by atoms with E-state index in [9.17, 15) is 9.59 Å². The minimum absolute atomic E-state index is 0.0367. The molecule has 0 bridgehead atoms. The third kappa shape index (κ3) is 4.27. The topological polar surface area (TPSA) is 71.3 Å².